The zero-order valence-electron chi connectivity index (χ0n) is 9.69. The smallest absolute Gasteiger partial charge is 0.307 e. The average molecular weight is 238 g/mol. The third-order valence-electron chi connectivity index (χ3n) is 2.16. The van der Waals surface area contributed by atoms with Crippen LogP contribution in [0.4, 0.5) is 0 Å². The van der Waals surface area contributed by atoms with Crippen molar-refractivity contribution >= 4 is 5.97 Å². The van der Waals surface area contributed by atoms with Gasteiger partial charge in [0.15, 0.2) is 0 Å². The van der Waals surface area contributed by atoms with E-state index in [0.717, 1.165) is 5.56 Å². The van der Waals surface area contributed by atoms with Crippen molar-refractivity contribution < 1.29 is 14.7 Å². The maximum Gasteiger partial charge on any atom is 0.307 e. The molecule has 0 saturated carbocycles. The molecule has 17 heavy (non-hydrogen) atoms. The molecule has 0 radical (unpaired) electrons. The van der Waals surface area contributed by atoms with E-state index in [1.165, 1.54) is 0 Å². The van der Waals surface area contributed by atoms with Gasteiger partial charge in [0.2, 0.25) is 0 Å². The van der Waals surface area contributed by atoms with Crippen molar-refractivity contribution in [3.63, 3.8) is 0 Å². The summed E-state index contributed by atoms with van der Waals surface area (Å²) in [5, 5.41) is 11.3. The van der Waals surface area contributed by atoms with Crippen molar-refractivity contribution in [1.29, 1.82) is 0 Å². The lowest BCUT2D eigenvalue weighted by molar-refractivity contribution is -0.144. The van der Waals surface area contributed by atoms with Crippen LogP contribution in [0.5, 0.6) is 0 Å². The molecule has 0 aliphatic carbocycles. The fourth-order valence-corrected chi connectivity index (χ4v) is 1.27. The van der Waals surface area contributed by atoms with Gasteiger partial charge < -0.3 is 15.3 Å². The highest BCUT2D eigenvalue weighted by molar-refractivity contribution is 5.69. The molecule has 0 aliphatic rings. The minimum Gasteiger partial charge on any atom is -0.461 e. The second kappa shape index (κ2) is 8.69. The van der Waals surface area contributed by atoms with Crippen molar-refractivity contribution in [3.8, 4) is 0 Å². The van der Waals surface area contributed by atoms with E-state index in [-0.39, 0.29) is 5.97 Å². The van der Waals surface area contributed by atoms with Gasteiger partial charge in [-0.2, -0.15) is 0 Å². The normalized spacial score (nSPS) is 10.2. The summed E-state index contributed by atoms with van der Waals surface area (Å²) < 4.78 is 5.09. The second-order valence-electron chi connectivity index (χ2n) is 3.55. The number of carbonyl (C=O) groups is 1. The highest BCUT2D eigenvalue weighted by atomic mass is 16.5. The first-order valence-corrected chi connectivity index (χ1v) is 5.60. The second-order valence-corrected chi connectivity index (χ2v) is 3.55. The van der Waals surface area contributed by atoms with E-state index in [0.29, 0.717) is 32.7 Å². The number of hydroxylamine groups is 1. The van der Waals surface area contributed by atoms with Gasteiger partial charge in [0.05, 0.1) is 6.42 Å². The summed E-state index contributed by atoms with van der Waals surface area (Å²) in [4.78, 5) is 11.3. The van der Waals surface area contributed by atoms with Gasteiger partial charge in [-0.25, -0.2) is 5.48 Å². The Hall–Kier alpha value is -1.43. The monoisotopic (exact) mass is 238 g/mol. The van der Waals surface area contributed by atoms with Gasteiger partial charge in [-0.15, -0.1) is 0 Å². The van der Waals surface area contributed by atoms with Crippen LogP contribution in [0.25, 0.3) is 0 Å². The molecule has 0 atom stereocenters. The van der Waals surface area contributed by atoms with Crippen LogP contribution in [-0.2, 0) is 16.1 Å². The molecule has 0 spiro atoms. The first-order chi connectivity index (χ1) is 8.33. The Morgan fingerprint density at radius 1 is 1.18 bits per heavy atom. The van der Waals surface area contributed by atoms with Gasteiger partial charge >= 0.3 is 5.97 Å². The van der Waals surface area contributed by atoms with Crippen molar-refractivity contribution in [2.24, 2.45) is 0 Å². The predicted octanol–water partition coefficient (Wildman–Crippen LogP) is 0.688. The molecule has 0 unspecified atom stereocenters. The molecule has 0 saturated heterocycles. The van der Waals surface area contributed by atoms with Gasteiger partial charge in [-0.3, -0.25) is 4.79 Å². The summed E-state index contributed by atoms with van der Waals surface area (Å²) in [5.41, 5.74) is 3.01. The summed E-state index contributed by atoms with van der Waals surface area (Å²) in [6.45, 7) is 1.94. The van der Waals surface area contributed by atoms with Crippen LogP contribution in [-0.4, -0.2) is 30.8 Å². The highest BCUT2D eigenvalue weighted by Crippen LogP contribution is 2.01. The third kappa shape index (κ3) is 6.68. The van der Waals surface area contributed by atoms with Crippen molar-refractivity contribution in [3.05, 3.63) is 35.9 Å². The fraction of sp³-hybridized carbons (Fsp3) is 0.417. The summed E-state index contributed by atoms with van der Waals surface area (Å²) in [5.74, 6) is -0.224. The van der Waals surface area contributed by atoms with E-state index < -0.39 is 0 Å². The molecule has 0 bridgehead atoms. The molecular weight excluding hydrogens is 220 g/mol. The Morgan fingerprint density at radius 3 is 2.65 bits per heavy atom. The molecule has 0 heterocycles. The van der Waals surface area contributed by atoms with Crippen LogP contribution in [0.1, 0.15) is 12.0 Å². The number of carbonyl (C=O) groups excluding carboxylic acids is 1. The Morgan fingerprint density at radius 2 is 1.94 bits per heavy atom. The van der Waals surface area contributed by atoms with Gasteiger partial charge in [0.1, 0.15) is 6.61 Å². The van der Waals surface area contributed by atoms with Crippen LogP contribution in [0.3, 0.4) is 0 Å². The summed E-state index contributed by atoms with van der Waals surface area (Å²) in [6.07, 6.45) is 0.332. The third-order valence-corrected chi connectivity index (χ3v) is 2.16. The van der Waals surface area contributed by atoms with Crippen molar-refractivity contribution in [2.75, 3.05) is 19.6 Å². The Labute approximate surface area is 101 Å². The lowest BCUT2D eigenvalue weighted by Gasteiger charge is -2.05. The Bertz CT molecular complexity index is 317. The number of hydrogen-bond donors (Lipinski definition) is 3. The Kier molecular flexibility index (Phi) is 6.97. The molecule has 94 valence electrons. The summed E-state index contributed by atoms with van der Waals surface area (Å²) >= 11 is 0. The highest BCUT2D eigenvalue weighted by Gasteiger charge is 2.02. The van der Waals surface area contributed by atoms with E-state index in [9.17, 15) is 4.79 Å². The minimum absolute atomic E-state index is 0.224. The Balaban J connectivity index is 2.05. The van der Waals surface area contributed by atoms with E-state index in [4.69, 9.17) is 9.94 Å². The molecule has 0 fully saturated rings. The standard InChI is InChI=1S/C12H18N2O3/c15-12(6-7-13-8-9-14-16)17-10-11-4-2-1-3-5-11/h1-5,13-14,16H,6-10H2. The number of ether oxygens (including phenoxy) is 1. The van der Waals surface area contributed by atoms with E-state index in [2.05, 4.69) is 5.32 Å². The van der Waals surface area contributed by atoms with Crippen LogP contribution in [0.2, 0.25) is 0 Å². The first-order valence-electron chi connectivity index (χ1n) is 5.60. The molecule has 0 amide bonds. The van der Waals surface area contributed by atoms with Crippen LogP contribution in [0.15, 0.2) is 30.3 Å². The first kappa shape index (κ1) is 13.6. The molecule has 1 rings (SSSR count). The maximum atomic E-state index is 11.3. The van der Waals surface area contributed by atoms with E-state index in [1.54, 1.807) is 0 Å². The molecular formula is C12H18N2O3. The molecule has 0 aliphatic heterocycles. The SMILES string of the molecule is O=C(CCNCCNO)OCc1ccccc1. The fourth-order valence-electron chi connectivity index (χ4n) is 1.27. The molecule has 5 heteroatoms. The predicted molar refractivity (Wildman–Crippen MR) is 63.5 cm³/mol. The summed E-state index contributed by atoms with van der Waals surface area (Å²) in [6, 6.07) is 9.57. The largest absolute Gasteiger partial charge is 0.461 e. The van der Waals surface area contributed by atoms with Crippen LogP contribution in [0, 0.1) is 0 Å². The van der Waals surface area contributed by atoms with Gasteiger partial charge in [-0.05, 0) is 5.56 Å². The lowest BCUT2D eigenvalue weighted by Crippen LogP contribution is -2.27. The zero-order valence-corrected chi connectivity index (χ0v) is 9.69. The quantitative estimate of drug-likeness (QED) is 0.353. The number of rotatable bonds is 8. The number of benzene rings is 1. The van der Waals surface area contributed by atoms with Gasteiger partial charge in [0.25, 0.3) is 0 Å². The minimum atomic E-state index is -0.224. The topological polar surface area (TPSA) is 70.6 Å². The van der Waals surface area contributed by atoms with E-state index in [1.807, 2.05) is 35.8 Å². The van der Waals surface area contributed by atoms with Crippen molar-refractivity contribution in [1.82, 2.24) is 10.8 Å². The van der Waals surface area contributed by atoms with Crippen LogP contribution >= 0.6 is 0 Å². The van der Waals surface area contributed by atoms with Crippen molar-refractivity contribution in [2.45, 2.75) is 13.0 Å². The lowest BCUT2D eigenvalue weighted by atomic mass is 10.2. The number of nitrogens with one attached hydrogen (secondary N) is 2. The molecule has 3 N–H and O–H groups in total. The molecule has 0 aromatic heterocycles. The molecule has 1 aromatic rings. The van der Waals surface area contributed by atoms with E-state index >= 15 is 0 Å². The number of esters is 1. The molecule has 5 nitrogen and oxygen atoms in total. The van der Waals surface area contributed by atoms with Gasteiger partial charge in [0, 0.05) is 19.6 Å². The number of hydrogen-bond acceptors (Lipinski definition) is 5. The summed E-state index contributed by atoms with van der Waals surface area (Å²) in [7, 11) is 0. The average Bonchev–Trinajstić information content (AvgIpc) is 2.37. The molecule has 1 aromatic carbocycles. The van der Waals surface area contributed by atoms with Gasteiger partial charge in [-0.1, -0.05) is 30.3 Å². The maximum absolute atomic E-state index is 11.3. The zero-order chi connectivity index (χ0) is 12.3. The van der Waals surface area contributed by atoms with Crippen LogP contribution < -0.4 is 10.8 Å².